The molecule has 5 aliphatic heterocycles. The van der Waals surface area contributed by atoms with Crippen molar-refractivity contribution in [2.45, 2.75) is 105 Å². The van der Waals surface area contributed by atoms with E-state index in [1.807, 2.05) is 7.11 Å². The number of hydrogen-bond donors (Lipinski definition) is 0. The van der Waals surface area contributed by atoms with Gasteiger partial charge < -0.3 is 33.3 Å². The van der Waals surface area contributed by atoms with Gasteiger partial charge in [-0.3, -0.25) is 0 Å². The third-order valence-corrected chi connectivity index (χ3v) is 8.16. The summed E-state index contributed by atoms with van der Waals surface area (Å²) >= 11 is 0. The summed E-state index contributed by atoms with van der Waals surface area (Å²) in [7, 11) is 3.93. The molecule has 0 N–H and O–H groups in total. The van der Waals surface area contributed by atoms with E-state index in [2.05, 4.69) is 46.6 Å². The molecule has 1 saturated carbocycles. The van der Waals surface area contributed by atoms with Crippen molar-refractivity contribution in [2.24, 2.45) is 23.7 Å². The van der Waals surface area contributed by atoms with Crippen molar-refractivity contribution in [3.8, 4) is 0 Å². The Hall–Kier alpha value is -0.280. The van der Waals surface area contributed by atoms with Crippen LogP contribution in [0.2, 0.25) is 0 Å². The first-order valence-electron chi connectivity index (χ1n) is 16.4. The molecule has 6 rings (SSSR count). The van der Waals surface area contributed by atoms with Crippen LogP contribution in [0.4, 0.5) is 0 Å². The molecule has 0 aromatic carbocycles. The molecule has 0 bridgehead atoms. The van der Waals surface area contributed by atoms with E-state index >= 15 is 0 Å². The lowest BCUT2D eigenvalue weighted by Crippen LogP contribution is -2.32. The minimum atomic E-state index is 0.546. The number of hydrogen-bond acceptors (Lipinski definition) is 7. The normalized spacial score (nSPS) is 30.7. The quantitative estimate of drug-likeness (QED) is 0.356. The minimum Gasteiger partial charge on any atom is -0.381 e. The fraction of sp³-hybridized carbons (Fsp3) is 1.00. The van der Waals surface area contributed by atoms with Crippen LogP contribution in [0.3, 0.4) is 0 Å². The summed E-state index contributed by atoms with van der Waals surface area (Å²) in [5, 5.41) is 0. The maximum absolute atomic E-state index is 5.24. The molecule has 6 aliphatic rings. The van der Waals surface area contributed by atoms with Crippen molar-refractivity contribution in [1.29, 1.82) is 0 Å². The molecule has 7 nitrogen and oxygen atoms in total. The summed E-state index contributed by atoms with van der Waals surface area (Å²) in [5.74, 6) is 3.52. The van der Waals surface area contributed by atoms with Gasteiger partial charge in [0.05, 0.1) is 38.6 Å². The second-order valence-electron chi connectivity index (χ2n) is 12.8. The lowest BCUT2D eigenvalue weighted by atomic mass is 9.89. The summed E-state index contributed by atoms with van der Waals surface area (Å²) < 4.78 is 30.5. The van der Waals surface area contributed by atoms with Gasteiger partial charge in [-0.1, -0.05) is 27.7 Å². The highest BCUT2D eigenvalue weighted by Crippen LogP contribution is 2.24. The number of methoxy groups -OCH3 is 1. The Morgan fingerprint density at radius 1 is 0.525 bits per heavy atom. The van der Waals surface area contributed by atoms with Crippen LogP contribution >= 0.6 is 0 Å². The molecule has 5 heterocycles. The topological polar surface area (TPSA) is 58.6 Å². The number of morpholine rings is 1. The van der Waals surface area contributed by atoms with Crippen LogP contribution in [0.5, 0.6) is 0 Å². The van der Waals surface area contributed by atoms with Gasteiger partial charge in [-0.05, 0) is 89.5 Å². The lowest BCUT2D eigenvalue weighted by molar-refractivity contribution is -0.0221. The van der Waals surface area contributed by atoms with E-state index in [-0.39, 0.29) is 0 Å². The van der Waals surface area contributed by atoms with E-state index in [0.29, 0.717) is 12.2 Å². The molecule has 240 valence electrons. The van der Waals surface area contributed by atoms with E-state index < -0.39 is 0 Å². The average Bonchev–Trinajstić information content (AvgIpc) is 3.64. The molecular weight excluding hydrogens is 506 g/mol. The molecule has 5 saturated heterocycles. The van der Waals surface area contributed by atoms with Crippen LogP contribution in [0.15, 0.2) is 0 Å². The van der Waals surface area contributed by atoms with E-state index in [4.69, 9.17) is 28.4 Å². The fourth-order valence-electron chi connectivity index (χ4n) is 4.68. The van der Waals surface area contributed by atoms with Gasteiger partial charge in [0, 0.05) is 59.2 Å². The molecule has 1 aliphatic carbocycles. The van der Waals surface area contributed by atoms with Crippen LogP contribution in [0.1, 0.15) is 92.4 Å². The highest BCUT2D eigenvalue weighted by molar-refractivity contribution is 4.69. The Balaban J connectivity index is 0.000000242. The number of likely N-dealkylation sites (N-methyl/N-ethyl adjacent to an activating group) is 1. The predicted molar refractivity (Wildman–Crippen MR) is 165 cm³/mol. The zero-order chi connectivity index (χ0) is 29.4. The first-order valence-corrected chi connectivity index (χ1v) is 16.4. The summed E-state index contributed by atoms with van der Waals surface area (Å²) in [6.45, 7) is 22.1. The number of rotatable bonds is 1. The van der Waals surface area contributed by atoms with Crippen LogP contribution in [0, 0.1) is 23.7 Å². The minimum absolute atomic E-state index is 0.546. The third-order valence-electron chi connectivity index (χ3n) is 8.16. The zero-order valence-electron chi connectivity index (χ0n) is 27.5. The number of ether oxygens (including phenoxy) is 6. The molecule has 0 amide bonds. The van der Waals surface area contributed by atoms with Crippen molar-refractivity contribution in [3.05, 3.63) is 0 Å². The Labute approximate surface area is 248 Å². The van der Waals surface area contributed by atoms with Gasteiger partial charge in [0.15, 0.2) is 0 Å². The van der Waals surface area contributed by atoms with Gasteiger partial charge >= 0.3 is 0 Å². The standard InChI is InChI=1S/C8H16O.C6H12O.C5H11NO.2C5H10O.C4H8O/c1-7-3-5-8(9-2)6-4-7;2*1-6-2-4-7-5-3-6;1-5-2-3-6-4-5;1-5-3-2-4-6-5;1-4-2-5-3-4/h7-8H,3-6H2,1-2H3;6H,2-5H2,1H3;2-5H2,1H3;2*5H,2-4H2,1H3;4H,2-3H2,1H3/t;;;2*5-;/m...11./s1. The molecule has 0 radical (unpaired) electrons. The third kappa shape index (κ3) is 22.3. The molecule has 7 heteroatoms. The van der Waals surface area contributed by atoms with Gasteiger partial charge in [-0.25, -0.2) is 0 Å². The van der Waals surface area contributed by atoms with E-state index in [0.717, 1.165) is 96.2 Å². The summed E-state index contributed by atoms with van der Waals surface area (Å²) in [4.78, 5) is 2.27. The summed E-state index contributed by atoms with van der Waals surface area (Å²) in [5.41, 5.74) is 0. The smallest absolute Gasteiger partial charge is 0.0594 e. The zero-order valence-corrected chi connectivity index (χ0v) is 27.5. The van der Waals surface area contributed by atoms with Crippen LogP contribution < -0.4 is 0 Å². The molecule has 40 heavy (non-hydrogen) atoms. The second kappa shape index (κ2) is 25.2. The van der Waals surface area contributed by atoms with Crippen molar-refractivity contribution in [3.63, 3.8) is 0 Å². The first kappa shape index (κ1) is 37.7. The Morgan fingerprint density at radius 2 is 1.05 bits per heavy atom. The molecule has 0 unspecified atom stereocenters. The van der Waals surface area contributed by atoms with Crippen molar-refractivity contribution in [2.75, 3.05) is 86.7 Å². The van der Waals surface area contributed by atoms with Crippen molar-refractivity contribution < 1.29 is 28.4 Å². The summed E-state index contributed by atoms with van der Waals surface area (Å²) in [6.07, 6.45) is 12.7. The SMILES string of the molecule is CC1CCOCC1.CC1COC1.CN1CCOCC1.COC1CCC(C)CC1.C[C@@H]1CCCO1.C[C@@H]1CCOC1. The molecular formula is C33H67NO6. The van der Waals surface area contributed by atoms with Gasteiger partial charge in [-0.15, -0.1) is 0 Å². The van der Waals surface area contributed by atoms with Crippen LogP contribution in [0.25, 0.3) is 0 Å². The predicted octanol–water partition coefficient (Wildman–Crippen LogP) is 6.47. The molecule has 6 fully saturated rings. The molecule has 0 aromatic rings. The Bertz CT molecular complexity index is 487. The maximum Gasteiger partial charge on any atom is 0.0594 e. The monoisotopic (exact) mass is 573 g/mol. The van der Waals surface area contributed by atoms with Gasteiger partial charge in [0.25, 0.3) is 0 Å². The maximum atomic E-state index is 5.24. The van der Waals surface area contributed by atoms with Gasteiger partial charge in [0.2, 0.25) is 0 Å². The van der Waals surface area contributed by atoms with Gasteiger partial charge in [-0.2, -0.15) is 0 Å². The summed E-state index contributed by atoms with van der Waals surface area (Å²) in [6, 6.07) is 0. The van der Waals surface area contributed by atoms with E-state index in [1.165, 1.54) is 57.8 Å². The fourth-order valence-corrected chi connectivity index (χ4v) is 4.68. The average molecular weight is 574 g/mol. The van der Waals surface area contributed by atoms with Gasteiger partial charge in [0.1, 0.15) is 0 Å². The Morgan fingerprint density at radius 3 is 1.30 bits per heavy atom. The van der Waals surface area contributed by atoms with Crippen LogP contribution in [-0.4, -0.2) is 104 Å². The highest BCUT2D eigenvalue weighted by atomic mass is 16.5. The van der Waals surface area contributed by atoms with E-state index in [9.17, 15) is 0 Å². The van der Waals surface area contributed by atoms with Crippen molar-refractivity contribution >= 4 is 0 Å². The first-order chi connectivity index (χ1) is 19.3. The second-order valence-corrected chi connectivity index (χ2v) is 12.8. The van der Waals surface area contributed by atoms with Crippen molar-refractivity contribution in [1.82, 2.24) is 4.90 Å². The number of nitrogens with zero attached hydrogens (tertiary/aromatic N) is 1. The van der Waals surface area contributed by atoms with E-state index in [1.54, 1.807) is 0 Å². The molecule has 0 aromatic heterocycles. The highest BCUT2D eigenvalue weighted by Gasteiger charge is 2.16. The molecule has 2 atom stereocenters. The Kier molecular flexibility index (Phi) is 23.8. The lowest BCUT2D eigenvalue weighted by Gasteiger charge is -2.24. The molecule has 0 spiro atoms. The van der Waals surface area contributed by atoms with Crippen LogP contribution in [-0.2, 0) is 28.4 Å². The largest absolute Gasteiger partial charge is 0.381 e.